The van der Waals surface area contributed by atoms with Crippen LogP contribution in [0.25, 0.3) is 21.3 Å². The molecule has 1 aliphatic heterocycles. The number of nitrogens with zero attached hydrogens (tertiary/aromatic N) is 3. The molecule has 2 unspecified atom stereocenters. The summed E-state index contributed by atoms with van der Waals surface area (Å²) < 4.78 is 5.74. The molecule has 1 N–H and O–H groups in total. The zero-order valence-corrected chi connectivity index (χ0v) is 16.9. The van der Waals surface area contributed by atoms with Crippen LogP contribution in [0, 0.1) is 0 Å². The minimum Gasteiger partial charge on any atom is -0.393 e. The second kappa shape index (κ2) is 7.43. The van der Waals surface area contributed by atoms with Crippen molar-refractivity contribution in [2.75, 3.05) is 24.7 Å². The lowest BCUT2D eigenvalue weighted by Gasteiger charge is -2.37. The normalized spacial score (nSPS) is 21.2. The molecule has 2 fully saturated rings. The van der Waals surface area contributed by atoms with Crippen molar-refractivity contribution in [2.45, 2.75) is 44.2 Å². The van der Waals surface area contributed by atoms with Gasteiger partial charge in [0, 0.05) is 23.4 Å². The molecule has 5 rings (SSSR count). The lowest BCUT2D eigenvalue weighted by molar-refractivity contribution is 0.0719. The zero-order chi connectivity index (χ0) is 19.1. The largest absolute Gasteiger partial charge is 0.393 e. The smallest absolute Gasteiger partial charge is 0.142 e. The van der Waals surface area contributed by atoms with Gasteiger partial charge < -0.3 is 14.7 Å². The van der Waals surface area contributed by atoms with Crippen molar-refractivity contribution in [2.24, 2.45) is 0 Å². The van der Waals surface area contributed by atoms with Gasteiger partial charge in [0.05, 0.1) is 30.7 Å². The third-order valence-corrected chi connectivity index (χ3v) is 6.44. The number of rotatable bonds is 5. The fraction of sp³-hybridized carbons (Fsp3) is 0.455. The molecule has 1 aliphatic carbocycles. The monoisotopic (exact) mass is 395 g/mol. The molecule has 0 bridgehead atoms. The van der Waals surface area contributed by atoms with Crippen molar-refractivity contribution in [3.8, 4) is 11.1 Å². The van der Waals surface area contributed by atoms with E-state index in [1.165, 1.54) is 24.0 Å². The predicted molar refractivity (Wildman–Crippen MR) is 113 cm³/mol. The van der Waals surface area contributed by atoms with E-state index in [2.05, 4.69) is 34.5 Å². The van der Waals surface area contributed by atoms with Crippen LogP contribution < -0.4 is 4.90 Å². The van der Waals surface area contributed by atoms with Gasteiger partial charge in [0.25, 0.3) is 0 Å². The van der Waals surface area contributed by atoms with Crippen molar-refractivity contribution in [3.63, 3.8) is 0 Å². The molecule has 2 aromatic heterocycles. The first kappa shape index (κ1) is 18.0. The molecular weight excluding hydrogens is 370 g/mol. The first-order valence-electron chi connectivity index (χ1n) is 10.1. The number of benzene rings is 1. The quantitative estimate of drug-likeness (QED) is 0.701. The van der Waals surface area contributed by atoms with Crippen LogP contribution in [-0.2, 0) is 4.74 Å². The summed E-state index contributed by atoms with van der Waals surface area (Å²) in [4.78, 5) is 13.4. The Morgan fingerprint density at radius 2 is 2.07 bits per heavy atom. The van der Waals surface area contributed by atoms with Gasteiger partial charge in [0.2, 0.25) is 0 Å². The maximum absolute atomic E-state index is 10.0. The minimum atomic E-state index is -0.370. The molecular formula is C22H25N3O2S. The average Bonchev–Trinajstić information content (AvgIpc) is 3.47. The van der Waals surface area contributed by atoms with E-state index in [1.54, 1.807) is 11.3 Å². The van der Waals surface area contributed by atoms with E-state index in [-0.39, 0.29) is 12.1 Å². The molecule has 3 heterocycles. The van der Waals surface area contributed by atoms with Gasteiger partial charge in [-0.25, -0.2) is 9.97 Å². The van der Waals surface area contributed by atoms with Gasteiger partial charge >= 0.3 is 0 Å². The summed E-state index contributed by atoms with van der Waals surface area (Å²) >= 11 is 1.70. The van der Waals surface area contributed by atoms with E-state index >= 15 is 0 Å². The highest BCUT2D eigenvalue weighted by atomic mass is 32.1. The first-order valence-corrected chi connectivity index (χ1v) is 11.0. The Labute approximate surface area is 169 Å². The van der Waals surface area contributed by atoms with E-state index in [1.807, 2.05) is 13.0 Å². The average molecular weight is 396 g/mol. The molecule has 0 spiro atoms. The number of hydrogen-bond acceptors (Lipinski definition) is 6. The number of morpholine rings is 1. The van der Waals surface area contributed by atoms with Crippen molar-refractivity contribution in [3.05, 3.63) is 41.5 Å². The highest BCUT2D eigenvalue weighted by molar-refractivity contribution is 7.17. The molecule has 1 saturated carbocycles. The molecule has 28 heavy (non-hydrogen) atoms. The van der Waals surface area contributed by atoms with Crippen LogP contribution in [0.1, 0.15) is 37.9 Å². The van der Waals surface area contributed by atoms with E-state index in [0.29, 0.717) is 25.6 Å². The number of hydrogen-bond donors (Lipinski definition) is 1. The highest BCUT2D eigenvalue weighted by Gasteiger charge is 2.32. The Bertz CT molecular complexity index is 969. The third-order valence-electron chi connectivity index (χ3n) is 5.57. The molecule has 2 aliphatic rings. The van der Waals surface area contributed by atoms with E-state index < -0.39 is 0 Å². The van der Waals surface area contributed by atoms with Gasteiger partial charge in [-0.15, -0.1) is 11.3 Å². The second-order valence-corrected chi connectivity index (χ2v) is 8.74. The van der Waals surface area contributed by atoms with Crippen LogP contribution in [-0.4, -0.2) is 47.0 Å². The predicted octanol–water partition coefficient (Wildman–Crippen LogP) is 4.21. The van der Waals surface area contributed by atoms with Gasteiger partial charge in [-0.3, -0.25) is 0 Å². The number of aliphatic hydroxyl groups is 1. The van der Waals surface area contributed by atoms with Gasteiger partial charge in [0.1, 0.15) is 16.5 Å². The van der Waals surface area contributed by atoms with Gasteiger partial charge in [0.15, 0.2) is 0 Å². The van der Waals surface area contributed by atoms with Crippen molar-refractivity contribution in [1.29, 1.82) is 0 Å². The van der Waals surface area contributed by atoms with Crippen LogP contribution in [0.4, 0.5) is 5.82 Å². The molecule has 146 valence electrons. The molecule has 2 atom stereocenters. The van der Waals surface area contributed by atoms with Crippen LogP contribution in [0.15, 0.2) is 35.7 Å². The molecule has 6 heteroatoms. The lowest BCUT2D eigenvalue weighted by Crippen LogP contribution is -2.47. The van der Waals surface area contributed by atoms with E-state index in [4.69, 9.17) is 14.7 Å². The first-order chi connectivity index (χ1) is 13.7. The molecule has 3 aromatic rings. The Balaban J connectivity index is 1.67. The summed E-state index contributed by atoms with van der Waals surface area (Å²) in [5.74, 6) is 2.49. The van der Waals surface area contributed by atoms with Crippen LogP contribution in [0.3, 0.4) is 0 Å². The van der Waals surface area contributed by atoms with Gasteiger partial charge in [-0.05, 0) is 31.7 Å². The zero-order valence-electron chi connectivity index (χ0n) is 16.0. The standard InChI is InChI=1S/C22H25N3O2S/c1-14(26)11-17-12-27-10-9-25(17)21-19-18(15-5-3-2-4-6-15)13-28-22(19)24-20(23-21)16-7-8-16/h2-6,13-14,16-17,26H,7-12H2,1H3. The topological polar surface area (TPSA) is 58.5 Å². The SMILES string of the molecule is CC(O)CC1COCCN1c1nc(C2CC2)nc2scc(-c3ccccc3)c12. The van der Waals surface area contributed by atoms with Gasteiger partial charge in [-0.2, -0.15) is 0 Å². The number of ether oxygens (including phenoxy) is 1. The van der Waals surface area contributed by atoms with E-state index in [9.17, 15) is 5.11 Å². The lowest BCUT2D eigenvalue weighted by atomic mass is 10.0. The van der Waals surface area contributed by atoms with Crippen molar-refractivity contribution in [1.82, 2.24) is 9.97 Å². The summed E-state index contributed by atoms with van der Waals surface area (Å²) in [7, 11) is 0. The van der Waals surface area contributed by atoms with Crippen molar-refractivity contribution < 1.29 is 9.84 Å². The van der Waals surface area contributed by atoms with Crippen LogP contribution in [0.5, 0.6) is 0 Å². The van der Waals surface area contributed by atoms with Crippen molar-refractivity contribution >= 4 is 27.4 Å². The number of aliphatic hydroxyl groups excluding tert-OH is 1. The third kappa shape index (κ3) is 3.41. The van der Waals surface area contributed by atoms with Gasteiger partial charge in [-0.1, -0.05) is 30.3 Å². The number of aromatic nitrogens is 2. The Kier molecular flexibility index (Phi) is 4.78. The summed E-state index contributed by atoms with van der Waals surface area (Å²) in [6.45, 7) is 3.95. The molecule has 0 radical (unpaired) electrons. The summed E-state index contributed by atoms with van der Waals surface area (Å²) in [6.07, 6.45) is 2.67. The summed E-state index contributed by atoms with van der Waals surface area (Å²) in [6, 6.07) is 10.6. The molecule has 1 aromatic carbocycles. The number of thiophene rings is 1. The number of anilines is 1. The number of fused-ring (bicyclic) bond motifs is 1. The van der Waals surface area contributed by atoms with E-state index in [0.717, 1.165) is 28.4 Å². The maximum Gasteiger partial charge on any atom is 0.142 e. The fourth-order valence-corrected chi connectivity index (χ4v) is 4.97. The Morgan fingerprint density at radius 1 is 1.25 bits per heavy atom. The fourth-order valence-electron chi connectivity index (χ4n) is 4.02. The molecule has 0 amide bonds. The highest BCUT2D eigenvalue weighted by Crippen LogP contribution is 2.44. The maximum atomic E-state index is 10.0. The van der Waals surface area contributed by atoms with Crippen LogP contribution >= 0.6 is 11.3 Å². The second-order valence-electron chi connectivity index (χ2n) is 7.88. The Morgan fingerprint density at radius 3 is 2.82 bits per heavy atom. The Hall–Kier alpha value is -2.02. The molecule has 5 nitrogen and oxygen atoms in total. The molecule has 1 saturated heterocycles. The minimum absolute atomic E-state index is 0.127. The summed E-state index contributed by atoms with van der Waals surface area (Å²) in [5.41, 5.74) is 2.39. The summed E-state index contributed by atoms with van der Waals surface area (Å²) in [5, 5.41) is 13.4. The van der Waals surface area contributed by atoms with Crippen LogP contribution in [0.2, 0.25) is 0 Å².